The first-order chi connectivity index (χ1) is 24.0. The van der Waals surface area contributed by atoms with Crippen molar-refractivity contribution in [1.29, 1.82) is 0 Å². The largest absolute Gasteiger partial charge is 0.341 e. The van der Waals surface area contributed by atoms with Gasteiger partial charge in [0.2, 0.25) is 11.8 Å². The third kappa shape index (κ3) is 8.10. The van der Waals surface area contributed by atoms with Crippen LogP contribution in [0.25, 0.3) is 11.3 Å². The number of aromatic amines is 2. The number of amides is 6. The number of H-pyrrole nitrogens is 2. The zero-order valence-electron chi connectivity index (χ0n) is 29.6. The Kier molecular flexibility index (Phi) is 11.5. The number of hydrogen-bond acceptors (Lipinski definition) is 6. The van der Waals surface area contributed by atoms with Gasteiger partial charge in [-0.05, 0) is 61.1 Å². The van der Waals surface area contributed by atoms with Gasteiger partial charge in [0.15, 0.2) is 0 Å². The number of hydrogen-bond donors (Lipinski definition) is 6. The molecule has 1 aromatic carbocycles. The molecule has 0 aliphatic carbocycles. The van der Waals surface area contributed by atoms with Crippen molar-refractivity contribution < 1.29 is 19.2 Å². The molecule has 2 aliphatic heterocycles. The second kappa shape index (κ2) is 15.9. The highest BCUT2D eigenvalue weighted by Crippen LogP contribution is 2.33. The third-order valence-electron chi connectivity index (χ3n) is 9.32. The Balaban J connectivity index is 1.23. The molecular formula is C36H48N10O4. The fourth-order valence-electron chi connectivity index (χ4n) is 6.54. The molecule has 3 aromatic rings. The fraction of sp³-hybridized carbons (Fsp3) is 0.500. The van der Waals surface area contributed by atoms with E-state index in [1.54, 1.807) is 17.3 Å². The van der Waals surface area contributed by atoms with Gasteiger partial charge in [0.1, 0.15) is 29.4 Å². The summed E-state index contributed by atoms with van der Waals surface area (Å²) < 4.78 is 0. The molecule has 266 valence electrons. The average molecular weight is 685 g/mol. The lowest BCUT2D eigenvalue weighted by molar-refractivity contribution is -0.136. The van der Waals surface area contributed by atoms with Gasteiger partial charge in [0.05, 0.1) is 30.2 Å². The van der Waals surface area contributed by atoms with Crippen molar-refractivity contribution in [3.8, 4) is 23.1 Å². The van der Waals surface area contributed by atoms with Gasteiger partial charge in [0, 0.05) is 32.7 Å². The zero-order chi connectivity index (χ0) is 35.9. The lowest BCUT2D eigenvalue weighted by Gasteiger charge is -2.30. The molecule has 0 radical (unpaired) electrons. The fourth-order valence-corrected chi connectivity index (χ4v) is 6.54. The lowest BCUT2D eigenvalue weighted by atomic mass is 10.0. The van der Waals surface area contributed by atoms with Crippen LogP contribution in [-0.4, -0.2) is 92.9 Å². The summed E-state index contributed by atoms with van der Waals surface area (Å²) in [6.45, 7) is 8.87. The monoisotopic (exact) mass is 684 g/mol. The summed E-state index contributed by atoms with van der Waals surface area (Å²) in [5, 5.41) is 10.6. The van der Waals surface area contributed by atoms with Crippen LogP contribution < -0.4 is 21.3 Å². The Hall–Kier alpha value is -5.32. The van der Waals surface area contributed by atoms with Crippen molar-refractivity contribution in [3.63, 3.8) is 0 Å². The minimum atomic E-state index is -0.635. The van der Waals surface area contributed by atoms with E-state index in [9.17, 15) is 19.2 Å². The Labute approximate surface area is 293 Å². The van der Waals surface area contributed by atoms with Crippen molar-refractivity contribution in [2.75, 3.05) is 27.2 Å². The molecule has 2 fully saturated rings. The summed E-state index contributed by atoms with van der Waals surface area (Å²) in [6.07, 6.45) is 6.72. The Morgan fingerprint density at radius 3 is 1.74 bits per heavy atom. The van der Waals surface area contributed by atoms with Crippen molar-refractivity contribution in [3.05, 3.63) is 59.6 Å². The van der Waals surface area contributed by atoms with E-state index in [1.165, 1.54) is 14.1 Å². The number of carbonyl (C=O) groups is 4. The number of carbonyl (C=O) groups excluding carboxylic acids is 4. The van der Waals surface area contributed by atoms with E-state index in [0.29, 0.717) is 24.6 Å². The first kappa shape index (κ1) is 36.0. The molecule has 2 aromatic heterocycles. The van der Waals surface area contributed by atoms with Crippen LogP contribution in [0.3, 0.4) is 0 Å². The molecule has 6 N–H and O–H groups in total. The summed E-state index contributed by atoms with van der Waals surface area (Å²) in [4.78, 5) is 70.4. The van der Waals surface area contributed by atoms with Crippen LogP contribution in [0, 0.1) is 23.7 Å². The second-order valence-corrected chi connectivity index (χ2v) is 13.5. The maximum Gasteiger partial charge on any atom is 0.315 e. The van der Waals surface area contributed by atoms with Crippen LogP contribution in [-0.2, 0) is 9.59 Å². The maximum absolute atomic E-state index is 13.5. The van der Waals surface area contributed by atoms with E-state index in [0.717, 1.165) is 48.3 Å². The number of nitrogens with one attached hydrogen (secondary N) is 6. The summed E-state index contributed by atoms with van der Waals surface area (Å²) in [7, 11) is 3.06. The summed E-state index contributed by atoms with van der Waals surface area (Å²) in [6, 6.07) is 5.38. The predicted octanol–water partition coefficient (Wildman–Crippen LogP) is 3.43. The molecule has 4 unspecified atom stereocenters. The summed E-state index contributed by atoms with van der Waals surface area (Å²) in [5.74, 6) is 7.36. The lowest BCUT2D eigenvalue weighted by Crippen LogP contribution is -2.53. The van der Waals surface area contributed by atoms with E-state index < -0.39 is 12.1 Å². The first-order valence-corrected chi connectivity index (χ1v) is 17.3. The molecule has 14 nitrogen and oxygen atoms in total. The number of aromatic nitrogens is 4. The number of likely N-dealkylation sites (tertiary alicyclic amines) is 2. The SMILES string of the molecule is CNC(=O)NC(C(=O)N1CCCC1c1ncc(C#Cc2ccc(-c3cnc(C4CCCN4C(=O)C(NC(=O)NC)C(C)C)[nH]3)cc2)[nH]1)C(C)C. The van der Waals surface area contributed by atoms with Gasteiger partial charge < -0.3 is 41.0 Å². The molecule has 6 amide bonds. The van der Waals surface area contributed by atoms with Crippen LogP contribution in [0.2, 0.25) is 0 Å². The van der Waals surface area contributed by atoms with Crippen molar-refractivity contribution in [1.82, 2.24) is 51.0 Å². The minimum Gasteiger partial charge on any atom is -0.341 e. The smallest absolute Gasteiger partial charge is 0.315 e. The molecule has 0 spiro atoms. The Bertz CT molecular complexity index is 1730. The van der Waals surface area contributed by atoms with Crippen LogP contribution >= 0.6 is 0 Å². The van der Waals surface area contributed by atoms with Gasteiger partial charge >= 0.3 is 12.1 Å². The molecule has 0 saturated carbocycles. The van der Waals surface area contributed by atoms with E-state index >= 15 is 0 Å². The van der Waals surface area contributed by atoms with E-state index in [4.69, 9.17) is 0 Å². The van der Waals surface area contributed by atoms with Crippen LogP contribution in [0.1, 0.15) is 88.4 Å². The highest BCUT2D eigenvalue weighted by molar-refractivity contribution is 5.88. The van der Waals surface area contributed by atoms with E-state index in [2.05, 4.69) is 53.0 Å². The summed E-state index contributed by atoms with van der Waals surface area (Å²) >= 11 is 0. The molecule has 14 heteroatoms. The van der Waals surface area contributed by atoms with Gasteiger partial charge in [-0.15, -0.1) is 0 Å². The predicted molar refractivity (Wildman–Crippen MR) is 188 cm³/mol. The van der Waals surface area contributed by atoms with Crippen molar-refractivity contribution in [2.24, 2.45) is 11.8 Å². The third-order valence-corrected chi connectivity index (χ3v) is 9.32. The van der Waals surface area contributed by atoms with Gasteiger partial charge in [-0.3, -0.25) is 9.59 Å². The number of benzene rings is 1. The van der Waals surface area contributed by atoms with Crippen LogP contribution in [0.4, 0.5) is 9.59 Å². The molecule has 50 heavy (non-hydrogen) atoms. The molecule has 2 saturated heterocycles. The molecule has 2 aliphatic rings. The molecule has 0 bridgehead atoms. The Morgan fingerprint density at radius 1 is 0.740 bits per heavy atom. The normalized spacial score (nSPS) is 18.4. The van der Waals surface area contributed by atoms with Crippen LogP contribution in [0.15, 0.2) is 36.7 Å². The highest BCUT2D eigenvalue weighted by atomic mass is 16.2. The van der Waals surface area contributed by atoms with Crippen molar-refractivity contribution >= 4 is 23.9 Å². The number of nitrogens with zero attached hydrogens (tertiary/aromatic N) is 4. The van der Waals surface area contributed by atoms with E-state index in [1.807, 2.05) is 56.9 Å². The van der Waals surface area contributed by atoms with Gasteiger partial charge in [0.25, 0.3) is 0 Å². The Morgan fingerprint density at radius 2 is 1.24 bits per heavy atom. The molecular weight excluding hydrogens is 636 g/mol. The van der Waals surface area contributed by atoms with Gasteiger partial charge in [-0.2, -0.15) is 0 Å². The second-order valence-electron chi connectivity index (χ2n) is 13.5. The topological polar surface area (TPSA) is 180 Å². The highest BCUT2D eigenvalue weighted by Gasteiger charge is 2.38. The molecule has 4 heterocycles. The summed E-state index contributed by atoms with van der Waals surface area (Å²) in [5.41, 5.74) is 3.23. The number of rotatable bonds is 9. The van der Waals surface area contributed by atoms with Crippen LogP contribution in [0.5, 0.6) is 0 Å². The zero-order valence-corrected chi connectivity index (χ0v) is 29.6. The average Bonchev–Trinajstić information content (AvgIpc) is 3.94. The minimum absolute atomic E-state index is 0.0683. The first-order valence-electron chi connectivity index (χ1n) is 17.3. The standard InChI is InChI=1S/C36H48N10O4/c1-21(2)29(43-35(49)37-5)33(47)45-17-7-9-27(45)31-39-19-25(41-31)16-13-23-11-14-24(15-12-23)26-20-40-32(42-26)28-10-8-18-46(28)34(48)30(22(3)4)44-36(50)38-6/h11-12,14-15,19-22,27-30H,7-10,17-18H2,1-6H3,(H,39,41)(H,40,42)(H2,37,43,49)(H2,38,44,50). The molecule has 4 atom stereocenters. The van der Waals surface area contributed by atoms with Gasteiger partial charge in [-0.1, -0.05) is 45.7 Å². The maximum atomic E-state index is 13.5. The number of imidazole rings is 2. The van der Waals surface area contributed by atoms with E-state index in [-0.39, 0.29) is 47.8 Å². The quantitative estimate of drug-likeness (QED) is 0.188. The van der Waals surface area contributed by atoms with Crippen molar-refractivity contribution in [2.45, 2.75) is 77.5 Å². The number of urea groups is 2. The van der Waals surface area contributed by atoms with Gasteiger partial charge in [-0.25, -0.2) is 19.6 Å². The molecule has 5 rings (SSSR count).